The van der Waals surface area contributed by atoms with Crippen molar-refractivity contribution in [2.75, 3.05) is 14.2 Å². The second kappa shape index (κ2) is 15.9. The van der Waals surface area contributed by atoms with Crippen molar-refractivity contribution in [3.05, 3.63) is 35.9 Å². The molecule has 1 aromatic rings. The Balaban J connectivity index is 2.11. The quantitative estimate of drug-likeness (QED) is 0.332. The Morgan fingerprint density at radius 2 is 1.42 bits per heavy atom. The Morgan fingerprint density at radius 3 is 1.97 bits per heavy atom. The zero-order valence-corrected chi connectivity index (χ0v) is 21.4. The summed E-state index contributed by atoms with van der Waals surface area (Å²) < 4.78 is 9.23. The summed E-state index contributed by atoms with van der Waals surface area (Å²) in [5.41, 5.74) is 0.950. The smallest absolute Gasteiger partial charge is 0.306 e. The first-order valence-corrected chi connectivity index (χ1v) is 12.8. The van der Waals surface area contributed by atoms with E-state index in [9.17, 15) is 24.3 Å². The largest absolute Gasteiger partial charge is 0.469 e. The van der Waals surface area contributed by atoms with Crippen LogP contribution in [0.2, 0.25) is 0 Å². The van der Waals surface area contributed by atoms with Gasteiger partial charge in [-0.25, -0.2) is 0 Å². The molecule has 1 aromatic carbocycles. The van der Waals surface area contributed by atoms with Crippen LogP contribution in [0.1, 0.15) is 69.8 Å². The Labute approximate surface area is 213 Å². The minimum Gasteiger partial charge on any atom is -0.469 e. The van der Waals surface area contributed by atoms with Crippen LogP contribution in [0.15, 0.2) is 30.3 Å². The van der Waals surface area contributed by atoms with Crippen LogP contribution >= 0.6 is 0 Å². The van der Waals surface area contributed by atoms with Gasteiger partial charge in [0.1, 0.15) is 0 Å². The van der Waals surface area contributed by atoms with Crippen molar-refractivity contribution in [2.24, 2.45) is 5.92 Å². The molecule has 1 fully saturated rings. The summed E-state index contributed by atoms with van der Waals surface area (Å²) >= 11 is 0. The number of esters is 2. The lowest BCUT2D eigenvalue weighted by Crippen LogP contribution is -2.50. The number of carbonyl (C=O) groups is 4. The molecule has 1 aliphatic carbocycles. The predicted molar refractivity (Wildman–Crippen MR) is 134 cm³/mol. The van der Waals surface area contributed by atoms with Crippen LogP contribution in [0.5, 0.6) is 0 Å². The van der Waals surface area contributed by atoms with Gasteiger partial charge in [-0.05, 0) is 37.2 Å². The number of benzene rings is 1. The van der Waals surface area contributed by atoms with Gasteiger partial charge in [-0.2, -0.15) is 0 Å². The van der Waals surface area contributed by atoms with Crippen molar-refractivity contribution >= 4 is 23.8 Å². The molecule has 2 rings (SSSR count). The fraction of sp³-hybridized carbons (Fsp3) is 0.630. The Kier molecular flexibility index (Phi) is 13.0. The van der Waals surface area contributed by atoms with Crippen molar-refractivity contribution in [2.45, 2.75) is 88.8 Å². The number of rotatable bonds is 14. The molecule has 200 valence electrons. The molecule has 1 saturated carbocycles. The standard InChI is InChI=1S/C27H40N2O7/c1-35-26(33)15-13-24(31)28-21(20-11-7-4-8-12-20)18-23(30)22(17-19-9-5-3-6-10-19)29-25(32)14-16-27(34)36-2/h3,5-6,9-10,20-23,30H,4,7-8,11-18H2,1-2H3,(H,28,31)(H,29,32)/t21-,22+,23+/m1/s1. The molecule has 0 saturated heterocycles. The number of hydrogen-bond donors (Lipinski definition) is 3. The number of carbonyl (C=O) groups excluding carboxylic acids is 4. The maximum Gasteiger partial charge on any atom is 0.306 e. The number of aliphatic hydroxyl groups excluding tert-OH is 1. The number of ether oxygens (including phenoxy) is 2. The molecule has 0 radical (unpaired) electrons. The van der Waals surface area contributed by atoms with Gasteiger partial charge in [0.2, 0.25) is 11.8 Å². The molecular formula is C27H40N2O7. The van der Waals surface area contributed by atoms with Crippen molar-refractivity contribution in [1.29, 1.82) is 0 Å². The highest BCUT2D eigenvalue weighted by Crippen LogP contribution is 2.29. The maximum atomic E-state index is 12.6. The molecule has 9 heteroatoms. The summed E-state index contributed by atoms with van der Waals surface area (Å²) in [6.45, 7) is 0. The lowest BCUT2D eigenvalue weighted by molar-refractivity contribution is -0.142. The van der Waals surface area contributed by atoms with Gasteiger partial charge in [-0.3, -0.25) is 19.2 Å². The zero-order chi connectivity index (χ0) is 26.3. The molecule has 0 unspecified atom stereocenters. The van der Waals surface area contributed by atoms with Gasteiger partial charge in [0.25, 0.3) is 0 Å². The van der Waals surface area contributed by atoms with Crippen LogP contribution in [0, 0.1) is 5.92 Å². The lowest BCUT2D eigenvalue weighted by Gasteiger charge is -2.34. The average Bonchev–Trinajstić information content (AvgIpc) is 2.90. The molecule has 0 aromatic heterocycles. The maximum absolute atomic E-state index is 12.6. The highest BCUT2D eigenvalue weighted by Gasteiger charge is 2.31. The van der Waals surface area contributed by atoms with E-state index in [-0.39, 0.29) is 55.9 Å². The van der Waals surface area contributed by atoms with Crippen LogP contribution < -0.4 is 10.6 Å². The van der Waals surface area contributed by atoms with Gasteiger partial charge in [0.05, 0.1) is 39.2 Å². The van der Waals surface area contributed by atoms with E-state index in [0.717, 1.165) is 37.7 Å². The molecule has 0 heterocycles. The summed E-state index contributed by atoms with van der Waals surface area (Å²) in [6, 6.07) is 8.65. The summed E-state index contributed by atoms with van der Waals surface area (Å²) in [4.78, 5) is 48.1. The first-order valence-electron chi connectivity index (χ1n) is 12.8. The van der Waals surface area contributed by atoms with E-state index in [2.05, 4.69) is 20.1 Å². The monoisotopic (exact) mass is 504 g/mol. The van der Waals surface area contributed by atoms with E-state index in [0.29, 0.717) is 6.42 Å². The zero-order valence-electron chi connectivity index (χ0n) is 21.4. The molecule has 2 amide bonds. The van der Waals surface area contributed by atoms with E-state index < -0.39 is 24.1 Å². The topological polar surface area (TPSA) is 131 Å². The molecule has 9 nitrogen and oxygen atoms in total. The van der Waals surface area contributed by atoms with Gasteiger partial charge < -0.3 is 25.2 Å². The third-order valence-corrected chi connectivity index (χ3v) is 6.74. The van der Waals surface area contributed by atoms with Crippen LogP contribution in [0.25, 0.3) is 0 Å². The second-order valence-electron chi connectivity index (χ2n) is 9.39. The fourth-order valence-corrected chi connectivity index (χ4v) is 4.67. The highest BCUT2D eigenvalue weighted by molar-refractivity contribution is 5.82. The molecule has 0 aliphatic heterocycles. The van der Waals surface area contributed by atoms with E-state index in [1.165, 1.54) is 14.2 Å². The SMILES string of the molecule is COC(=O)CCC(=O)N[C@@H](Cc1ccccc1)[C@@H](O)C[C@@H](NC(=O)CCC(=O)OC)C1CCCCC1. The number of nitrogens with one attached hydrogen (secondary N) is 2. The predicted octanol–water partition coefficient (Wildman–Crippen LogP) is 2.44. The Hall–Kier alpha value is -2.94. The first kappa shape index (κ1) is 29.3. The van der Waals surface area contributed by atoms with Gasteiger partial charge in [-0.1, -0.05) is 49.6 Å². The molecule has 36 heavy (non-hydrogen) atoms. The molecular weight excluding hydrogens is 464 g/mol. The fourth-order valence-electron chi connectivity index (χ4n) is 4.67. The summed E-state index contributed by atoms with van der Waals surface area (Å²) in [7, 11) is 2.56. The van der Waals surface area contributed by atoms with Gasteiger partial charge in [-0.15, -0.1) is 0 Å². The molecule has 3 N–H and O–H groups in total. The number of hydrogen-bond acceptors (Lipinski definition) is 7. The van der Waals surface area contributed by atoms with Crippen molar-refractivity contribution in [3.63, 3.8) is 0 Å². The number of amides is 2. The Morgan fingerprint density at radius 1 is 0.861 bits per heavy atom. The summed E-state index contributed by atoms with van der Waals surface area (Å²) in [5, 5.41) is 17.2. The van der Waals surface area contributed by atoms with Crippen LogP contribution in [0.4, 0.5) is 0 Å². The first-order chi connectivity index (χ1) is 17.3. The van der Waals surface area contributed by atoms with Crippen molar-refractivity contribution in [1.82, 2.24) is 10.6 Å². The van der Waals surface area contributed by atoms with E-state index in [1.807, 2.05) is 30.3 Å². The minimum absolute atomic E-state index is 0.00480. The third-order valence-electron chi connectivity index (χ3n) is 6.74. The highest BCUT2D eigenvalue weighted by atomic mass is 16.5. The van der Waals surface area contributed by atoms with Crippen LogP contribution in [-0.2, 0) is 35.1 Å². The van der Waals surface area contributed by atoms with Crippen molar-refractivity contribution < 1.29 is 33.8 Å². The molecule has 0 bridgehead atoms. The number of aliphatic hydroxyl groups is 1. The van der Waals surface area contributed by atoms with Crippen LogP contribution in [-0.4, -0.2) is 61.3 Å². The van der Waals surface area contributed by atoms with E-state index >= 15 is 0 Å². The van der Waals surface area contributed by atoms with Crippen LogP contribution in [0.3, 0.4) is 0 Å². The normalized spacial score (nSPS) is 16.3. The van der Waals surface area contributed by atoms with Crippen molar-refractivity contribution in [3.8, 4) is 0 Å². The Bertz CT molecular complexity index is 840. The second-order valence-corrected chi connectivity index (χ2v) is 9.39. The summed E-state index contributed by atoms with van der Waals surface area (Å²) in [6.07, 6.45) is 4.84. The van der Waals surface area contributed by atoms with E-state index in [4.69, 9.17) is 0 Å². The summed E-state index contributed by atoms with van der Waals surface area (Å²) in [5.74, 6) is -1.32. The molecule has 3 atom stereocenters. The van der Waals surface area contributed by atoms with Gasteiger partial charge in [0.15, 0.2) is 0 Å². The molecule has 1 aliphatic rings. The minimum atomic E-state index is -0.930. The third kappa shape index (κ3) is 10.8. The lowest BCUT2D eigenvalue weighted by atomic mass is 9.80. The van der Waals surface area contributed by atoms with E-state index in [1.54, 1.807) is 0 Å². The number of methoxy groups -OCH3 is 2. The average molecular weight is 505 g/mol. The molecule has 0 spiro atoms. The van der Waals surface area contributed by atoms with Gasteiger partial charge in [0, 0.05) is 18.9 Å². The van der Waals surface area contributed by atoms with Gasteiger partial charge >= 0.3 is 11.9 Å².